The Morgan fingerprint density at radius 3 is 2.30 bits per heavy atom. The number of para-hydroxylation sites is 1. The highest BCUT2D eigenvalue weighted by atomic mass is 16.5. The van der Waals surface area contributed by atoms with Gasteiger partial charge in [-0.2, -0.15) is 0 Å². The molecular weight excluding hydrogens is 380 g/mol. The van der Waals surface area contributed by atoms with Crippen molar-refractivity contribution in [3.8, 4) is 0 Å². The molecule has 1 N–H and O–H groups in total. The first kappa shape index (κ1) is 21.6. The molecule has 1 aliphatic rings. The number of benzene rings is 2. The van der Waals surface area contributed by atoms with Crippen LogP contribution in [0.2, 0.25) is 0 Å². The summed E-state index contributed by atoms with van der Waals surface area (Å²) in [4.78, 5) is 39.3. The van der Waals surface area contributed by atoms with Gasteiger partial charge in [-0.05, 0) is 62.9 Å². The summed E-state index contributed by atoms with van der Waals surface area (Å²) >= 11 is 0. The van der Waals surface area contributed by atoms with Crippen molar-refractivity contribution in [1.82, 2.24) is 0 Å². The molecule has 30 heavy (non-hydrogen) atoms. The molecule has 0 unspecified atom stereocenters. The van der Waals surface area contributed by atoms with E-state index in [0.29, 0.717) is 0 Å². The predicted octanol–water partition coefficient (Wildman–Crippen LogP) is 3.84. The number of carbonyl (C=O) groups is 3. The molecule has 6 heteroatoms. The highest BCUT2D eigenvalue weighted by molar-refractivity contribution is 6.01. The van der Waals surface area contributed by atoms with Crippen molar-refractivity contribution in [2.75, 3.05) is 16.8 Å². The third-order valence-corrected chi connectivity index (χ3v) is 5.72. The summed E-state index contributed by atoms with van der Waals surface area (Å²) in [5.41, 5.74) is 5.52. The number of anilines is 2. The first-order valence-electron chi connectivity index (χ1n) is 10.1. The third-order valence-electron chi connectivity index (χ3n) is 5.72. The third kappa shape index (κ3) is 4.37. The molecule has 2 amide bonds. The second-order valence-electron chi connectivity index (χ2n) is 7.96. The lowest BCUT2D eigenvalue weighted by Gasteiger charge is -2.20. The number of ether oxygens (including phenoxy) is 1. The summed E-state index contributed by atoms with van der Waals surface area (Å²) < 4.78 is 5.40. The van der Waals surface area contributed by atoms with Crippen LogP contribution in [0.5, 0.6) is 0 Å². The van der Waals surface area contributed by atoms with E-state index in [4.69, 9.17) is 4.74 Å². The predicted molar refractivity (Wildman–Crippen MR) is 116 cm³/mol. The van der Waals surface area contributed by atoms with Crippen LogP contribution in [-0.4, -0.2) is 30.4 Å². The van der Waals surface area contributed by atoms with Crippen LogP contribution in [0.15, 0.2) is 36.4 Å². The number of nitrogens with one attached hydrogen (secondary N) is 1. The Hall–Kier alpha value is -3.15. The summed E-state index contributed by atoms with van der Waals surface area (Å²) in [6.07, 6.45) is -0.876. The maximum absolute atomic E-state index is 12.6. The minimum Gasteiger partial charge on any atom is -0.452 e. The molecule has 1 saturated heterocycles. The number of nitrogens with zero attached hydrogens (tertiary/aromatic N) is 1. The fourth-order valence-electron chi connectivity index (χ4n) is 3.69. The fourth-order valence-corrected chi connectivity index (χ4v) is 3.69. The van der Waals surface area contributed by atoms with Gasteiger partial charge >= 0.3 is 5.97 Å². The first-order chi connectivity index (χ1) is 14.2. The molecule has 0 aromatic heterocycles. The average Bonchev–Trinajstić information content (AvgIpc) is 3.08. The Balaban J connectivity index is 1.64. The van der Waals surface area contributed by atoms with Crippen LogP contribution in [0.3, 0.4) is 0 Å². The molecule has 0 bridgehead atoms. The topological polar surface area (TPSA) is 75.7 Å². The van der Waals surface area contributed by atoms with Crippen molar-refractivity contribution >= 4 is 29.2 Å². The number of hydrogen-bond donors (Lipinski definition) is 1. The van der Waals surface area contributed by atoms with E-state index in [1.165, 1.54) is 0 Å². The lowest BCUT2D eigenvalue weighted by molar-refractivity contribution is -0.157. The molecule has 2 aromatic carbocycles. The molecule has 0 aliphatic carbocycles. The van der Waals surface area contributed by atoms with Gasteiger partial charge in [0.1, 0.15) is 0 Å². The molecule has 2 atom stereocenters. The van der Waals surface area contributed by atoms with E-state index in [1.54, 1.807) is 11.8 Å². The molecule has 0 saturated carbocycles. The monoisotopic (exact) mass is 408 g/mol. The Morgan fingerprint density at radius 1 is 1.03 bits per heavy atom. The van der Waals surface area contributed by atoms with Crippen LogP contribution in [0.1, 0.15) is 35.6 Å². The lowest BCUT2D eigenvalue weighted by atomic mass is 10.1. The Kier molecular flexibility index (Phi) is 6.25. The average molecular weight is 408 g/mol. The van der Waals surface area contributed by atoms with Gasteiger partial charge in [0.2, 0.25) is 5.91 Å². The van der Waals surface area contributed by atoms with E-state index in [1.807, 2.05) is 64.1 Å². The molecule has 6 nitrogen and oxygen atoms in total. The minimum atomic E-state index is -0.957. The standard InChI is InChI=1S/C24H28N2O4/c1-14-8-7-11-20(17(14)4)26-13-19(12-21(26)27)24(29)30-18(5)23(28)25-22-15(2)9-6-10-16(22)3/h6-11,18-19H,12-13H2,1-5H3,(H,25,28)/t18-,19-/m1/s1. The molecule has 0 spiro atoms. The van der Waals surface area contributed by atoms with Gasteiger partial charge in [0, 0.05) is 24.3 Å². The highest BCUT2D eigenvalue weighted by Crippen LogP contribution is 2.30. The Morgan fingerprint density at radius 2 is 1.63 bits per heavy atom. The molecule has 1 aliphatic heterocycles. The van der Waals surface area contributed by atoms with Gasteiger partial charge in [-0.1, -0.05) is 30.3 Å². The van der Waals surface area contributed by atoms with Gasteiger partial charge < -0.3 is 15.0 Å². The smallest absolute Gasteiger partial charge is 0.312 e. The van der Waals surface area contributed by atoms with Gasteiger partial charge in [-0.15, -0.1) is 0 Å². The van der Waals surface area contributed by atoms with Gasteiger partial charge in [-0.3, -0.25) is 14.4 Å². The van der Waals surface area contributed by atoms with Crippen LogP contribution in [0.4, 0.5) is 11.4 Å². The van der Waals surface area contributed by atoms with Crippen molar-refractivity contribution in [2.24, 2.45) is 5.92 Å². The van der Waals surface area contributed by atoms with E-state index in [2.05, 4.69) is 5.32 Å². The number of aryl methyl sites for hydroxylation is 3. The van der Waals surface area contributed by atoms with Gasteiger partial charge in [0.05, 0.1) is 5.92 Å². The van der Waals surface area contributed by atoms with Gasteiger partial charge in [-0.25, -0.2) is 0 Å². The highest BCUT2D eigenvalue weighted by Gasteiger charge is 2.38. The second kappa shape index (κ2) is 8.69. The zero-order valence-electron chi connectivity index (χ0n) is 18.1. The minimum absolute atomic E-state index is 0.0808. The lowest BCUT2D eigenvalue weighted by Crippen LogP contribution is -2.33. The number of rotatable bonds is 5. The summed E-state index contributed by atoms with van der Waals surface area (Å²) in [5, 5.41) is 2.84. The molecule has 3 rings (SSSR count). The zero-order chi connectivity index (χ0) is 22.0. The molecule has 1 heterocycles. The number of amides is 2. The Labute approximate surface area is 177 Å². The molecule has 0 radical (unpaired) electrons. The van der Waals surface area contributed by atoms with E-state index < -0.39 is 23.9 Å². The van der Waals surface area contributed by atoms with Crippen molar-refractivity contribution in [2.45, 2.75) is 47.1 Å². The molecule has 1 fully saturated rings. The largest absolute Gasteiger partial charge is 0.452 e. The summed E-state index contributed by atoms with van der Waals surface area (Å²) in [6, 6.07) is 11.5. The number of carbonyl (C=O) groups excluding carboxylic acids is 3. The van der Waals surface area contributed by atoms with E-state index in [-0.39, 0.29) is 18.9 Å². The van der Waals surface area contributed by atoms with Gasteiger partial charge in [0.25, 0.3) is 5.91 Å². The summed E-state index contributed by atoms with van der Waals surface area (Å²) in [7, 11) is 0. The van der Waals surface area contributed by atoms with Crippen molar-refractivity contribution in [1.29, 1.82) is 0 Å². The van der Waals surface area contributed by atoms with Crippen LogP contribution < -0.4 is 10.2 Å². The van der Waals surface area contributed by atoms with Crippen LogP contribution in [0.25, 0.3) is 0 Å². The quantitative estimate of drug-likeness (QED) is 0.763. The zero-order valence-corrected chi connectivity index (χ0v) is 18.1. The molecule has 2 aromatic rings. The van der Waals surface area contributed by atoms with E-state index in [9.17, 15) is 14.4 Å². The summed E-state index contributed by atoms with van der Waals surface area (Å²) in [6.45, 7) is 9.56. The number of esters is 1. The van der Waals surface area contributed by atoms with Crippen molar-refractivity contribution < 1.29 is 19.1 Å². The maximum Gasteiger partial charge on any atom is 0.312 e. The second-order valence-corrected chi connectivity index (χ2v) is 7.96. The molecular formula is C24H28N2O4. The van der Waals surface area contributed by atoms with Crippen molar-refractivity contribution in [3.63, 3.8) is 0 Å². The van der Waals surface area contributed by atoms with E-state index in [0.717, 1.165) is 33.6 Å². The number of hydrogen-bond acceptors (Lipinski definition) is 4. The van der Waals surface area contributed by atoms with Gasteiger partial charge in [0.15, 0.2) is 6.10 Å². The Bertz CT molecular complexity index is 978. The van der Waals surface area contributed by atoms with Crippen LogP contribution >= 0.6 is 0 Å². The first-order valence-corrected chi connectivity index (χ1v) is 10.1. The van der Waals surface area contributed by atoms with Crippen LogP contribution in [0, 0.1) is 33.6 Å². The summed E-state index contributed by atoms with van der Waals surface area (Å²) in [5.74, 6) is -1.62. The fraction of sp³-hybridized carbons (Fsp3) is 0.375. The van der Waals surface area contributed by atoms with E-state index >= 15 is 0 Å². The molecule has 158 valence electrons. The maximum atomic E-state index is 12.6. The van der Waals surface area contributed by atoms with Crippen LogP contribution in [-0.2, 0) is 19.1 Å². The SMILES string of the molecule is Cc1cccc(N2C[C@H](C(=O)O[C@H](C)C(=O)Nc3c(C)cccc3C)CC2=O)c1C. The normalized spacial score (nSPS) is 17.0. The van der Waals surface area contributed by atoms with Crippen molar-refractivity contribution in [3.05, 3.63) is 58.7 Å².